The zero-order valence-corrected chi connectivity index (χ0v) is 12.9. The molecule has 3 rings (SSSR count). The molecule has 0 aromatic carbocycles. The lowest BCUT2D eigenvalue weighted by atomic mass is 10.3. The third-order valence-corrected chi connectivity index (χ3v) is 4.08. The zero-order chi connectivity index (χ0) is 16.8. The molecule has 120 valence electrons. The molecule has 0 aliphatic carbocycles. The van der Waals surface area contributed by atoms with Gasteiger partial charge in [-0.15, -0.1) is 11.8 Å². The molecule has 3 aromatic rings. The first-order chi connectivity index (χ1) is 10.8. The summed E-state index contributed by atoms with van der Waals surface area (Å²) in [7, 11) is 1.68. The maximum atomic E-state index is 12.8. The molecule has 5 nitrogen and oxygen atoms in total. The minimum absolute atomic E-state index is 0.0119. The van der Waals surface area contributed by atoms with Crippen LogP contribution in [0.3, 0.4) is 0 Å². The lowest BCUT2D eigenvalue weighted by molar-refractivity contribution is -0.141. The van der Waals surface area contributed by atoms with Crippen molar-refractivity contribution >= 4 is 22.8 Å². The van der Waals surface area contributed by atoms with Crippen molar-refractivity contribution in [2.24, 2.45) is 7.05 Å². The van der Waals surface area contributed by atoms with Crippen molar-refractivity contribution in [1.82, 2.24) is 19.5 Å². The van der Waals surface area contributed by atoms with Gasteiger partial charge in [0.2, 0.25) is 0 Å². The Morgan fingerprint density at radius 1 is 1.17 bits per heavy atom. The number of rotatable bonds is 2. The smallest absolute Gasteiger partial charge is 0.433 e. The van der Waals surface area contributed by atoms with Gasteiger partial charge in [-0.3, -0.25) is 0 Å². The van der Waals surface area contributed by atoms with E-state index in [1.165, 1.54) is 24.0 Å². The van der Waals surface area contributed by atoms with Crippen molar-refractivity contribution < 1.29 is 18.3 Å². The van der Waals surface area contributed by atoms with E-state index in [4.69, 9.17) is 0 Å². The summed E-state index contributed by atoms with van der Waals surface area (Å²) in [5, 5.41) is 9.51. The van der Waals surface area contributed by atoms with Crippen LogP contribution in [0.4, 0.5) is 13.2 Å². The Labute approximate surface area is 133 Å². The predicted molar refractivity (Wildman–Crippen MR) is 80.2 cm³/mol. The maximum Gasteiger partial charge on any atom is 0.433 e. The van der Waals surface area contributed by atoms with E-state index in [0.717, 1.165) is 12.3 Å². The average molecular weight is 340 g/mol. The van der Waals surface area contributed by atoms with Crippen molar-refractivity contribution in [1.29, 1.82) is 0 Å². The molecule has 23 heavy (non-hydrogen) atoms. The summed E-state index contributed by atoms with van der Waals surface area (Å²) in [6.07, 6.45) is -0.291. The van der Waals surface area contributed by atoms with Crippen LogP contribution in [-0.2, 0) is 13.2 Å². The summed E-state index contributed by atoms with van der Waals surface area (Å²) in [5.74, 6) is 0.420. The Balaban J connectivity index is 2.21. The van der Waals surface area contributed by atoms with Gasteiger partial charge in [-0.25, -0.2) is 15.0 Å². The van der Waals surface area contributed by atoms with Gasteiger partial charge in [0.05, 0.1) is 23.4 Å². The Morgan fingerprint density at radius 2 is 1.91 bits per heavy atom. The highest BCUT2D eigenvalue weighted by Gasteiger charge is 2.33. The Hall–Kier alpha value is -2.29. The largest absolute Gasteiger partial charge is 0.506 e. The van der Waals surface area contributed by atoms with Crippen LogP contribution in [0.5, 0.6) is 5.75 Å². The Morgan fingerprint density at radius 3 is 2.57 bits per heavy atom. The normalized spacial score (nSPS) is 12.0. The second kappa shape index (κ2) is 5.41. The molecule has 0 bridgehead atoms. The summed E-state index contributed by atoms with van der Waals surface area (Å²) in [6.45, 7) is 0. The van der Waals surface area contributed by atoms with Crippen molar-refractivity contribution in [3.63, 3.8) is 0 Å². The second-order valence-electron chi connectivity index (χ2n) is 4.79. The van der Waals surface area contributed by atoms with E-state index in [1.54, 1.807) is 11.6 Å². The fraction of sp³-hybridized carbons (Fsp3) is 0.214. The highest BCUT2D eigenvalue weighted by Crippen LogP contribution is 2.33. The SMILES string of the molecule is CSc1cc(O)cnc1-c1nc2cc(C(F)(F)F)ncc2n1C. The Kier molecular flexibility index (Phi) is 3.67. The molecular weight excluding hydrogens is 329 g/mol. The molecule has 0 amide bonds. The van der Waals surface area contributed by atoms with E-state index < -0.39 is 11.9 Å². The number of aromatic hydroxyl groups is 1. The fourth-order valence-electron chi connectivity index (χ4n) is 2.21. The monoisotopic (exact) mass is 340 g/mol. The number of fused-ring (bicyclic) bond motifs is 1. The van der Waals surface area contributed by atoms with Gasteiger partial charge in [0.25, 0.3) is 0 Å². The van der Waals surface area contributed by atoms with Crippen molar-refractivity contribution in [2.75, 3.05) is 6.26 Å². The van der Waals surface area contributed by atoms with Crippen molar-refractivity contribution in [2.45, 2.75) is 11.1 Å². The quantitative estimate of drug-likeness (QED) is 0.724. The maximum absolute atomic E-state index is 12.8. The number of hydrogen-bond acceptors (Lipinski definition) is 5. The number of nitrogens with zero attached hydrogens (tertiary/aromatic N) is 4. The molecule has 0 aliphatic rings. The van der Waals surface area contributed by atoms with Crippen LogP contribution < -0.4 is 0 Å². The van der Waals surface area contributed by atoms with Crippen LogP contribution in [0.15, 0.2) is 29.4 Å². The molecule has 0 saturated heterocycles. The lowest BCUT2D eigenvalue weighted by Gasteiger charge is -2.07. The molecule has 3 aromatic heterocycles. The first-order valence-corrected chi connectivity index (χ1v) is 7.66. The van der Waals surface area contributed by atoms with E-state index in [2.05, 4.69) is 15.0 Å². The summed E-state index contributed by atoms with van der Waals surface area (Å²) >= 11 is 1.36. The second-order valence-corrected chi connectivity index (χ2v) is 5.64. The minimum Gasteiger partial charge on any atom is -0.506 e. The number of imidazole rings is 1. The topological polar surface area (TPSA) is 63.8 Å². The number of halogens is 3. The number of aryl methyl sites for hydroxylation is 1. The number of thioether (sulfide) groups is 1. The molecule has 9 heteroatoms. The van der Waals surface area contributed by atoms with Gasteiger partial charge >= 0.3 is 6.18 Å². The van der Waals surface area contributed by atoms with E-state index >= 15 is 0 Å². The summed E-state index contributed by atoms with van der Waals surface area (Å²) < 4.78 is 39.9. The van der Waals surface area contributed by atoms with Gasteiger partial charge in [-0.1, -0.05) is 0 Å². The standard InChI is InChI=1S/C14H11F3N4OS/c1-21-9-6-18-11(14(15,16)17)4-8(9)20-13(21)12-10(23-2)3-7(22)5-19-12/h3-6,22H,1-2H3. The molecule has 0 radical (unpaired) electrons. The van der Waals surface area contributed by atoms with Crippen molar-refractivity contribution in [3.8, 4) is 17.3 Å². The zero-order valence-electron chi connectivity index (χ0n) is 12.1. The highest BCUT2D eigenvalue weighted by atomic mass is 32.2. The van der Waals surface area contributed by atoms with Gasteiger partial charge in [-0.05, 0) is 18.4 Å². The summed E-state index contributed by atoms with van der Waals surface area (Å²) in [6, 6.07) is 2.45. The number of hydrogen-bond donors (Lipinski definition) is 1. The van der Waals surface area contributed by atoms with E-state index in [9.17, 15) is 18.3 Å². The highest BCUT2D eigenvalue weighted by molar-refractivity contribution is 7.98. The summed E-state index contributed by atoms with van der Waals surface area (Å²) in [5.41, 5.74) is 0.155. The van der Waals surface area contributed by atoms with Crippen LogP contribution in [0.2, 0.25) is 0 Å². The van der Waals surface area contributed by atoms with Crippen LogP contribution in [-0.4, -0.2) is 30.9 Å². The lowest BCUT2D eigenvalue weighted by Crippen LogP contribution is -2.07. The molecule has 0 fully saturated rings. The number of aromatic nitrogens is 4. The molecule has 1 N–H and O–H groups in total. The van der Waals surface area contributed by atoms with Gasteiger partial charge in [0.15, 0.2) is 5.82 Å². The van der Waals surface area contributed by atoms with Gasteiger partial charge in [0, 0.05) is 11.9 Å². The average Bonchev–Trinajstić information content (AvgIpc) is 2.83. The van der Waals surface area contributed by atoms with Crippen LogP contribution in [0.25, 0.3) is 22.6 Å². The molecule has 0 aliphatic heterocycles. The van der Waals surface area contributed by atoms with Crippen LogP contribution in [0, 0.1) is 0 Å². The fourth-order valence-corrected chi connectivity index (χ4v) is 2.79. The number of pyridine rings is 2. The van der Waals surface area contributed by atoms with Gasteiger partial charge in [0.1, 0.15) is 17.1 Å². The Bertz CT molecular complexity index is 892. The van der Waals surface area contributed by atoms with Crippen LogP contribution in [0.1, 0.15) is 5.69 Å². The molecule has 0 unspecified atom stereocenters. The van der Waals surface area contributed by atoms with Gasteiger partial charge < -0.3 is 9.67 Å². The minimum atomic E-state index is -4.52. The summed E-state index contributed by atoms with van der Waals surface area (Å²) in [4.78, 5) is 12.5. The van der Waals surface area contributed by atoms with Gasteiger partial charge in [-0.2, -0.15) is 13.2 Å². The molecule has 3 heterocycles. The van der Waals surface area contributed by atoms with E-state index in [0.29, 0.717) is 21.9 Å². The van der Waals surface area contributed by atoms with E-state index in [1.807, 2.05) is 6.26 Å². The first kappa shape index (κ1) is 15.6. The predicted octanol–water partition coefficient (Wildman–Crippen LogP) is 3.48. The molecule has 0 saturated carbocycles. The molecule has 0 spiro atoms. The van der Waals surface area contributed by atoms with Crippen LogP contribution >= 0.6 is 11.8 Å². The third-order valence-electron chi connectivity index (χ3n) is 3.33. The molecular formula is C14H11F3N4OS. The molecule has 0 atom stereocenters. The first-order valence-electron chi connectivity index (χ1n) is 6.44. The third kappa shape index (κ3) is 2.72. The van der Waals surface area contributed by atoms with E-state index in [-0.39, 0.29) is 11.3 Å². The van der Waals surface area contributed by atoms with Crippen molar-refractivity contribution in [3.05, 3.63) is 30.2 Å². The number of alkyl halides is 3.